The lowest BCUT2D eigenvalue weighted by Crippen LogP contribution is -2.18. The fourth-order valence-corrected chi connectivity index (χ4v) is 2.17. The first-order chi connectivity index (χ1) is 9.26. The molecule has 2 N–H and O–H groups in total. The Morgan fingerprint density at radius 1 is 1.45 bits per heavy atom. The summed E-state index contributed by atoms with van der Waals surface area (Å²) in [5.74, 6) is -1.44. The molecule has 0 aliphatic rings. The number of nitrogens with one attached hydrogen (secondary N) is 1. The number of rotatable bonds is 7. The van der Waals surface area contributed by atoms with Gasteiger partial charge in [-0.2, -0.15) is 0 Å². The van der Waals surface area contributed by atoms with Crippen LogP contribution in [0.3, 0.4) is 0 Å². The summed E-state index contributed by atoms with van der Waals surface area (Å²) in [5, 5.41) is 22.2. The highest BCUT2D eigenvalue weighted by molar-refractivity contribution is 7.91. The van der Waals surface area contributed by atoms with Gasteiger partial charge in [0.15, 0.2) is 9.84 Å². The van der Waals surface area contributed by atoms with Gasteiger partial charge in [0.1, 0.15) is 0 Å². The number of benzene rings is 1. The van der Waals surface area contributed by atoms with Crippen molar-refractivity contribution in [3.8, 4) is 0 Å². The third kappa shape index (κ3) is 4.19. The van der Waals surface area contributed by atoms with Crippen LogP contribution in [0.1, 0.15) is 17.3 Å². The van der Waals surface area contributed by atoms with Gasteiger partial charge >= 0.3 is 5.97 Å². The molecule has 0 aliphatic heterocycles. The van der Waals surface area contributed by atoms with Crippen molar-refractivity contribution < 1.29 is 23.2 Å². The first kappa shape index (κ1) is 15.9. The quantitative estimate of drug-likeness (QED) is 0.571. The summed E-state index contributed by atoms with van der Waals surface area (Å²) in [4.78, 5) is 21.0. The van der Waals surface area contributed by atoms with E-state index in [0.717, 1.165) is 18.2 Å². The van der Waals surface area contributed by atoms with Crippen LogP contribution in [0.2, 0.25) is 0 Å². The topological polar surface area (TPSA) is 127 Å². The molecule has 9 heteroatoms. The highest BCUT2D eigenvalue weighted by Crippen LogP contribution is 2.22. The van der Waals surface area contributed by atoms with Crippen LogP contribution in [0.15, 0.2) is 18.2 Å². The Labute approximate surface area is 115 Å². The number of nitro benzene ring substituents is 1. The second-order valence-electron chi connectivity index (χ2n) is 3.96. The number of nitro groups is 1. The molecule has 20 heavy (non-hydrogen) atoms. The molecule has 0 atom stereocenters. The van der Waals surface area contributed by atoms with Crippen LogP contribution in [0.5, 0.6) is 0 Å². The number of hydrogen-bond donors (Lipinski definition) is 2. The maximum Gasteiger partial charge on any atom is 0.337 e. The highest BCUT2D eigenvalue weighted by Gasteiger charge is 2.16. The monoisotopic (exact) mass is 302 g/mol. The van der Waals surface area contributed by atoms with Crippen molar-refractivity contribution >= 4 is 27.2 Å². The summed E-state index contributed by atoms with van der Waals surface area (Å²) >= 11 is 0. The molecule has 0 saturated heterocycles. The molecule has 0 heterocycles. The van der Waals surface area contributed by atoms with Crippen LogP contribution in [-0.4, -0.2) is 42.5 Å². The predicted octanol–water partition coefficient (Wildman–Crippen LogP) is 1.14. The van der Waals surface area contributed by atoms with Crippen LogP contribution in [0.4, 0.5) is 11.4 Å². The third-order valence-electron chi connectivity index (χ3n) is 2.61. The van der Waals surface area contributed by atoms with E-state index in [1.54, 1.807) is 0 Å². The van der Waals surface area contributed by atoms with Gasteiger partial charge < -0.3 is 10.4 Å². The number of anilines is 1. The van der Waals surface area contributed by atoms with E-state index in [-0.39, 0.29) is 35.0 Å². The summed E-state index contributed by atoms with van der Waals surface area (Å²) < 4.78 is 22.6. The average Bonchev–Trinajstić information content (AvgIpc) is 2.38. The number of carbonyl (C=O) groups is 1. The molecular weight excluding hydrogens is 288 g/mol. The largest absolute Gasteiger partial charge is 0.478 e. The third-order valence-corrected chi connectivity index (χ3v) is 4.32. The number of carboxylic acids is 1. The van der Waals surface area contributed by atoms with Crippen LogP contribution < -0.4 is 5.32 Å². The fraction of sp³-hybridized carbons (Fsp3) is 0.364. The Kier molecular flexibility index (Phi) is 5.03. The molecule has 8 nitrogen and oxygen atoms in total. The molecule has 0 saturated carbocycles. The van der Waals surface area contributed by atoms with Crippen LogP contribution >= 0.6 is 0 Å². The summed E-state index contributed by atoms with van der Waals surface area (Å²) in [6.45, 7) is 1.49. The number of nitrogens with zero attached hydrogens (tertiary/aromatic N) is 1. The van der Waals surface area contributed by atoms with E-state index >= 15 is 0 Å². The van der Waals surface area contributed by atoms with Gasteiger partial charge in [0.25, 0.3) is 5.69 Å². The molecule has 0 bridgehead atoms. The van der Waals surface area contributed by atoms with Crippen molar-refractivity contribution in [2.75, 3.05) is 23.4 Å². The highest BCUT2D eigenvalue weighted by atomic mass is 32.2. The molecule has 0 aliphatic carbocycles. The summed E-state index contributed by atoms with van der Waals surface area (Å²) in [6, 6.07) is 3.26. The van der Waals surface area contributed by atoms with Gasteiger partial charge in [0, 0.05) is 24.4 Å². The van der Waals surface area contributed by atoms with Crippen molar-refractivity contribution in [3.05, 3.63) is 33.9 Å². The van der Waals surface area contributed by atoms with E-state index in [2.05, 4.69) is 5.32 Å². The van der Waals surface area contributed by atoms with E-state index in [0.29, 0.717) is 0 Å². The number of hydrogen-bond acceptors (Lipinski definition) is 6. The van der Waals surface area contributed by atoms with Crippen LogP contribution in [0.25, 0.3) is 0 Å². The Balaban J connectivity index is 2.94. The van der Waals surface area contributed by atoms with Crippen molar-refractivity contribution in [2.45, 2.75) is 6.92 Å². The molecular formula is C11H14N2O6S. The smallest absolute Gasteiger partial charge is 0.337 e. The Morgan fingerprint density at radius 3 is 2.60 bits per heavy atom. The van der Waals surface area contributed by atoms with Crippen molar-refractivity contribution in [1.82, 2.24) is 0 Å². The first-order valence-electron chi connectivity index (χ1n) is 5.73. The van der Waals surface area contributed by atoms with Gasteiger partial charge in [-0.15, -0.1) is 0 Å². The van der Waals surface area contributed by atoms with Gasteiger partial charge in [0.05, 0.1) is 21.9 Å². The van der Waals surface area contributed by atoms with Gasteiger partial charge in [-0.3, -0.25) is 10.1 Å². The molecule has 1 rings (SSSR count). The molecule has 0 radical (unpaired) electrons. The Bertz CT molecular complexity index is 626. The summed E-state index contributed by atoms with van der Waals surface area (Å²) in [6.07, 6.45) is 0. The second-order valence-corrected chi connectivity index (χ2v) is 6.43. The molecule has 0 spiro atoms. The lowest BCUT2D eigenvalue weighted by molar-refractivity contribution is -0.384. The summed E-state index contributed by atoms with van der Waals surface area (Å²) in [5.41, 5.74) is -0.390. The second kappa shape index (κ2) is 6.33. The molecule has 0 unspecified atom stereocenters. The lowest BCUT2D eigenvalue weighted by atomic mass is 10.1. The van der Waals surface area contributed by atoms with Crippen molar-refractivity contribution in [3.63, 3.8) is 0 Å². The summed E-state index contributed by atoms with van der Waals surface area (Å²) in [7, 11) is -3.19. The molecule has 110 valence electrons. The molecule has 1 aromatic rings. The maximum atomic E-state index is 11.3. The van der Waals surface area contributed by atoms with E-state index in [4.69, 9.17) is 5.11 Å². The van der Waals surface area contributed by atoms with Gasteiger partial charge in [-0.1, -0.05) is 6.92 Å². The lowest BCUT2D eigenvalue weighted by Gasteiger charge is -2.09. The predicted molar refractivity (Wildman–Crippen MR) is 72.9 cm³/mol. The van der Waals surface area contributed by atoms with E-state index in [1.807, 2.05) is 0 Å². The maximum absolute atomic E-state index is 11.3. The van der Waals surface area contributed by atoms with Gasteiger partial charge in [-0.05, 0) is 6.07 Å². The minimum atomic E-state index is -3.19. The number of carboxylic acid groups (broad SMARTS) is 1. The Morgan fingerprint density at radius 2 is 2.10 bits per heavy atom. The average molecular weight is 302 g/mol. The van der Waals surface area contributed by atoms with Crippen LogP contribution in [0, 0.1) is 10.1 Å². The normalized spacial score (nSPS) is 11.1. The molecule has 1 aromatic carbocycles. The van der Waals surface area contributed by atoms with Gasteiger partial charge in [-0.25, -0.2) is 13.2 Å². The molecule has 0 amide bonds. The Hall–Kier alpha value is -2.16. The molecule has 0 fully saturated rings. The van der Waals surface area contributed by atoms with E-state index in [9.17, 15) is 23.3 Å². The molecule has 0 aromatic heterocycles. The SMILES string of the molecule is CCS(=O)(=O)CCNc1cc([N+](=O)[O-])ccc1C(=O)O. The zero-order valence-electron chi connectivity index (χ0n) is 10.7. The van der Waals surface area contributed by atoms with Gasteiger partial charge in [0.2, 0.25) is 0 Å². The number of aromatic carboxylic acids is 1. The van der Waals surface area contributed by atoms with E-state index in [1.165, 1.54) is 6.92 Å². The first-order valence-corrected chi connectivity index (χ1v) is 7.55. The fourth-order valence-electron chi connectivity index (χ4n) is 1.46. The zero-order chi connectivity index (χ0) is 15.3. The number of non-ortho nitro benzene ring substituents is 1. The van der Waals surface area contributed by atoms with E-state index < -0.39 is 20.7 Å². The standard InChI is InChI=1S/C11H14N2O6S/c1-2-20(18,19)6-5-12-10-7-8(13(16)17)3-4-9(10)11(14)15/h3-4,7,12H,2,5-6H2,1H3,(H,14,15). The van der Waals surface area contributed by atoms with Crippen molar-refractivity contribution in [2.24, 2.45) is 0 Å². The van der Waals surface area contributed by atoms with Crippen LogP contribution in [-0.2, 0) is 9.84 Å². The minimum Gasteiger partial charge on any atom is -0.478 e. The van der Waals surface area contributed by atoms with Crippen molar-refractivity contribution in [1.29, 1.82) is 0 Å². The minimum absolute atomic E-state index is 0.0162. The number of sulfone groups is 1. The zero-order valence-corrected chi connectivity index (χ0v) is 11.5.